The number of hydrogen-bond donors (Lipinski definition) is 2. The lowest BCUT2D eigenvalue weighted by Crippen LogP contribution is -2.62. The van der Waals surface area contributed by atoms with Gasteiger partial charge in [-0.1, -0.05) is 30.3 Å². The van der Waals surface area contributed by atoms with Gasteiger partial charge in [-0.2, -0.15) is 0 Å². The summed E-state index contributed by atoms with van der Waals surface area (Å²) in [5.41, 5.74) is 1.15. The number of carbonyl (C=O) groups is 2. The van der Waals surface area contributed by atoms with Crippen LogP contribution in [0, 0.1) is 5.92 Å². The molecule has 1 atom stereocenters. The number of piperazine rings is 1. The molecule has 1 aromatic rings. The van der Waals surface area contributed by atoms with Crippen molar-refractivity contribution in [3.8, 4) is 0 Å². The quantitative estimate of drug-likeness (QED) is 0.802. The summed E-state index contributed by atoms with van der Waals surface area (Å²) in [6, 6.07) is 10.1. The molecule has 1 unspecified atom stereocenters. The van der Waals surface area contributed by atoms with E-state index in [1.807, 2.05) is 42.3 Å². The van der Waals surface area contributed by atoms with Crippen LogP contribution in [0.4, 0.5) is 4.79 Å². The van der Waals surface area contributed by atoms with Crippen LogP contribution in [0.15, 0.2) is 30.3 Å². The van der Waals surface area contributed by atoms with Crippen molar-refractivity contribution in [3.05, 3.63) is 35.9 Å². The van der Waals surface area contributed by atoms with Gasteiger partial charge in [0.05, 0.1) is 20.1 Å². The van der Waals surface area contributed by atoms with Crippen molar-refractivity contribution >= 4 is 11.9 Å². The molecule has 0 spiro atoms. The molecule has 2 heterocycles. The summed E-state index contributed by atoms with van der Waals surface area (Å²) >= 11 is 0. The third-order valence-electron chi connectivity index (χ3n) is 5.11. The van der Waals surface area contributed by atoms with Crippen LogP contribution in [0.5, 0.6) is 0 Å². The molecule has 0 aliphatic carbocycles. The van der Waals surface area contributed by atoms with Crippen LogP contribution < -0.4 is 10.6 Å². The molecule has 6 nitrogen and oxygen atoms in total. The van der Waals surface area contributed by atoms with Crippen molar-refractivity contribution in [2.45, 2.75) is 13.0 Å². The largest absolute Gasteiger partial charge is 0.416 e. The SMILES string of the molecule is C[N+]1(C(=O)NCC2CC(=O)N(Cc3ccccc3)C2)CCNCC1. The maximum Gasteiger partial charge on any atom is 0.416 e. The number of benzene rings is 1. The zero-order chi connectivity index (χ0) is 17.0. The van der Waals surface area contributed by atoms with Crippen LogP contribution in [-0.2, 0) is 11.3 Å². The molecule has 2 aliphatic heterocycles. The molecule has 0 bridgehead atoms. The van der Waals surface area contributed by atoms with Gasteiger partial charge in [0, 0.05) is 45.1 Å². The van der Waals surface area contributed by atoms with Gasteiger partial charge in [-0.15, -0.1) is 0 Å². The first-order valence-corrected chi connectivity index (χ1v) is 8.72. The number of likely N-dealkylation sites (N-methyl/N-ethyl adjacent to an activating group) is 1. The molecular formula is C18H27N4O2+. The summed E-state index contributed by atoms with van der Waals surface area (Å²) in [5.74, 6) is 0.389. The normalized spacial score (nSPS) is 23.3. The second-order valence-corrected chi connectivity index (χ2v) is 7.11. The van der Waals surface area contributed by atoms with Crippen molar-refractivity contribution in [2.24, 2.45) is 5.92 Å². The molecule has 2 N–H and O–H groups in total. The minimum Gasteiger partial charge on any atom is -0.338 e. The molecular weight excluding hydrogens is 304 g/mol. The Balaban J connectivity index is 1.48. The Morgan fingerprint density at radius 3 is 2.71 bits per heavy atom. The first-order valence-electron chi connectivity index (χ1n) is 8.72. The zero-order valence-corrected chi connectivity index (χ0v) is 14.3. The Morgan fingerprint density at radius 2 is 2.00 bits per heavy atom. The van der Waals surface area contributed by atoms with Gasteiger partial charge in [0.2, 0.25) is 5.91 Å². The van der Waals surface area contributed by atoms with Crippen LogP contribution in [0.3, 0.4) is 0 Å². The second kappa shape index (κ2) is 7.32. The fourth-order valence-electron chi connectivity index (χ4n) is 3.46. The predicted octanol–water partition coefficient (Wildman–Crippen LogP) is 0.794. The average molecular weight is 331 g/mol. The van der Waals surface area contributed by atoms with Crippen LogP contribution in [-0.4, -0.2) is 67.6 Å². The van der Waals surface area contributed by atoms with Crippen LogP contribution in [0.25, 0.3) is 0 Å². The number of amides is 3. The first-order chi connectivity index (χ1) is 11.6. The van der Waals surface area contributed by atoms with Gasteiger partial charge >= 0.3 is 6.03 Å². The topological polar surface area (TPSA) is 61.4 Å². The first kappa shape index (κ1) is 16.9. The Bertz CT molecular complexity index is 584. The van der Waals surface area contributed by atoms with E-state index in [0.29, 0.717) is 24.0 Å². The molecule has 130 valence electrons. The summed E-state index contributed by atoms with van der Waals surface area (Å²) in [7, 11) is 1.98. The van der Waals surface area contributed by atoms with Crippen LogP contribution in [0.1, 0.15) is 12.0 Å². The van der Waals surface area contributed by atoms with E-state index in [1.165, 1.54) is 0 Å². The molecule has 0 saturated carbocycles. The number of nitrogens with zero attached hydrogens (tertiary/aromatic N) is 2. The molecule has 2 fully saturated rings. The Hall–Kier alpha value is -1.92. The fraction of sp³-hybridized carbons (Fsp3) is 0.556. The van der Waals surface area contributed by atoms with E-state index < -0.39 is 0 Å². The smallest absolute Gasteiger partial charge is 0.338 e. The lowest BCUT2D eigenvalue weighted by molar-refractivity contribution is -0.832. The molecule has 1 aromatic carbocycles. The summed E-state index contributed by atoms with van der Waals surface area (Å²) in [5, 5.41) is 6.35. The van der Waals surface area contributed by atoms with E-state index in [0.717, 1.165) is 38.3 Å². The van der Waals surface area contributed by atoms with Crippen molar-refractivity contribution in [1.29, 1.82) is 0 Å². The lowest BCUT2D eigenvalue weighted by atomic mass is 10.1. The fourth-order valence-corrected chi connectivity index (χ4v) is 3.46. The Morgan fingerprint density at radius 1 is 1.29 bits per heavy atom. The highest BCUT2D eigenvalue weighted by atomic mass is 16.2. The van der Waals surface area contributed by atoms with Crippen LogP contribution >= 0.6 is 0 Å². The monoisotopic (exact) mass is 331 g/mol. The van der Waals surface area contributed by atoms with E-state index in [-0.39, 0.29) is 17.9 Å². The third kappa shape index (κ3) is 3.94. The highest BCUT2D eigenvalue weighted by Crippen LogP contribution is 2.20. The molecule has 24 heavy (non-hydrogen) atoms. The number of nitrogens with one attached hydrogen (secondary N) is 2. The lowest BCUT2D eigenvalue weighted by Gasteiger charge is -2.35. The van der Waals surface area contributed by atoms with Gasteiger partial charge in [-0.25, -0.2) is 9.28 Å². The molecule has 3 rings (SSSR count). The molecule has 2 aliphatic rings. The Labute approximate surface area is 143 Å². The van der Waals surface area contributed by atoms with Gasteiger partial charge in [0.1, 0.15) is 0 Å². The number of quaternary nitrogens is 1. The highest BCUT2D eigenvalue weighted by molar-refractivity contribution is 5.78. The third-order valence-corrected chi connectivity index (χ3v) is 5.11. The van der Waals surface area contributed by atoms with Gasteiger partial charge < -0.3 is 15.5 Å². The maximum absolute atomic E-state index is 12.5. The van der Waals surface area contributed by atoms with E-state index in [1.54, 1.807) is 0 Å². The van der Waals surface area contributed by atoms with Crippen molar-refractivity contribution in [3.63, 3.8) is 0 Å². The summed E-state index contributed by atoms with van der Waals surface area (Å²) in [6.45, 7) is 5.33. The van der Waals surface area contributed by atoms with E-state index in [4.69, 9.17) is 0 Å². The van der Waals surface area contributed by atoms with Gasteiger partial charge in [-0.3, -0.25) is 4.79 Å². The summed E-state index contributed by atoms with van der Waals surface area (Å²) in [4.78, 5) is 26.6. The maximum atomic E-state index is 12.5. The molecule has 0 radical (unpaired) electrons. The number of rotatable bonds is 4. The standard InChI is InChI=1S/C18H26N4O2/c1-22(9-7-19-8-10-22)18(24)20-12-16-11-17(23)21(14-16)13-15-5-3-2-4-6-15/h2-6,16,19H,7-14H2,1H3/p+1. The van der Waals surface area contributed by atoms with E-state index in [9.17, 15) is 9.59 Å². The number of hydrogen-bond acceptors (Lipinski definition) is 3. The minimum atomic E-state index is 0.0745. The number of urea groups is 1. The zero-order valence-electron chi connectivity index (χ0n) is 14.3. The molecule has 6 heteroatoms. The summed E-state index contributed by atoms with van der Waals surface area (Å²) < 4.78 is 0.432. The van der Waals surface area contributed by atoms with Gasteiger partial charge in [0.25, 0.3) is 0 Å². The van der Waals surface area contributed by atoms with E-state index >= 15 is 0 Å². The Kier molecular flexibility index (Phi) is 5.16. The number of carbonyl (C=O) groups excluding carboxylic acids is 2. The van der Waals surface area contributed by atoms with Crippen molar-refractivity contribution in [1.82, 2.24) is 15.5 Å². The van der Waals surface area contributed by atoms with Gasteiger partial charge in [-0.05, 0) is 5.56 Å². The minimum absolute atomic E-state index is 0.0745. The van der Waals surface area contributed by atoms with Crippen LogP contribution in [0.2, 0.25) is 0 Å². The van der Waals surface area contributed by atoms with E-state index in [2.05, 4.69) is 10.6 Å². The molecule has 0 aromatic heterocycles. The molecule has 2 saturated heterocycles. The average Bonchev–Trinajstić information content (AvgIpc) is 2.94. The summed E-state index contributed by atoms with van der Waals surface area (Å²) in [6.07, 6.45) is 0.526. The second-order valence-electron chi connectivity index (χ2n) is 7.11. The van der Waals surface area contributed by atoms with Crippen molar-refractivity contribution in [2.75, 3.05) is 46.3 Å². The van der Waals surface area contributed by atoms with Gasteiger partial charge in [0.15, 0.2) is 0 Å². The van der Waals surface area contributed by atoms with Crippen molar-refractivity contribution < 1.29 is 14.1 Å². The molecule has 3 amide bonds. The highest BCUT2D eigenvalue weighted by Gasteiger charge is 2.35. The predicted molar refractivity (Wildman–Crippen MR) is 92.2 cm³/mol. The number of likely N-dealkylation sites (tertiary alicyclic amines) is 1.